The smallest absolute Gasteiger partial charge is 0.278 e. The molecule has 0 spiro atoms. The van der Waals surface area contributed by atoms with Crippen LogP contribution in [-0.4, -0.2) is 44.6 Å². The van der Waals surface area contributed by atoms with E-state index in [2.05, 4.69) is 49.5 Å². The monoisotopic (exact) mass is 351 g/mol. The molecule has 0 radical (unpaired) electrons. The molecule has 0 saturated carbocycles. The van der Waals surface area contributed by atoms with E-state index in [9.17, 15) is 4.79 Å². The lowest BCUT2D eigenvalue weighted by Crippen LogP contribution is -3.08. The van der Waals surface area contributed by atoms with Crippen LogP contribution in [0, 0.1) is 0 Å². The van der Waals surface area contributed by atoms with Crippen molar-refractivity contribution in [1.29, 1.82) is 0 Å². The molecule has 1 N–H and O–H groups in total. The van der Waals surface area contributed by atoms with Gasteiger partial charge in [0.1, 0.15) is 12.3 Å². The minimum absolute atomic E-state index is 0.222. The third kappa shape index (κ3) is 4.73. The van der Waals surface area contributed by atoms with Crippen LogP contribution in [0.15, 0.2) is 60.7 Å². The zero-order valence-electron chi connectivity index (χ0n) is 15.6. The van der Waals surface area contributed by atoms with E-state index in [1.807, 2.05) is 23.1 Å². The Hall–Kier alpha value is -2.59. The normalized spacial score (nSPS) is 15.3. The number of quaternary nitrogens is 1. The van der Waals surface area contributed by atoms with E-state index in [1.54, 1.807) is 7.11 Å². The molecule has 2 aromatic carbocycles. The summed E-state index contributed by atoms with van der Waals surface area (Å²) < 4.78 is 5.19. The molecule has 0 saturated heterocycles. The highest BCUT2D eigenvalue weighted by atomic mass is 16.5. The van der Waals surface area contributed by atoms with Crippen molar-refractivity contribution in [2.45, 2.75) is 13.0 Å². The second-order valence-electron chi connectivity index (χ2n) is 6.84. The molecule has 2 aromatic rings. The van der Waals surface area contributed by atoms with E-state index in [0.717, 1.165) is 25.3 Å². The van der Waals surface area contributed by atoms with Crippen LogP contribution in [0.3, 0.4) is 0 Å². The van der Waals surface area contributed by atoms with Gasteiger partial charge in [-0.1, -0.05) is 36.4 Å². The van der Waals surface area contributed by atoms with Crippen molar-refractivity contribution in [2.75, 3.05) is 33.8 Å². The number of carbonyl (C=O) groups excluding carboxylic acids is 1. The molecular weight excluding hydrogens is 324 g/mol. The van der Waals surface area contributed by atoms with Crippen molar-refractivity contribution in [2.24, 2.45) is 0 Å². The van der Waals surface area contributed by atoms with E-state index in [0.29, 0.717) is 13.1 Å². The number of nitrogens with zero attached hydrogens (tertiary/aromatic N) is 1. The maximum absolute atomic E-state index is 12.6. The lowest BCUT2D eigenvalue weighted by molar-refractivity contribution is -0.885. The number of nitrogens with one attached hydrogen (secondary N) is 1. The Bertz CT molecular complexity index is 753. The molecule has 26 heavy (non-hydrogen) atoms. The van der Waals surface area contributed by atoms with E-state index < -0.39 is 0 Å². The van der Waals surface area contributed by atoms with Crippen LogP contribution in [-0.2, 0) is 11.3 Å². The summed E-state index contributed by atoms with van der Waals surface area (Å²) in [4.78, 5) is 15.8. The van der Waals surface area contributed by atoms with Gasteiger partial charge in [0, 0.05) is 18.7 Å². The van der Waals surface area contributed by atoms with Crippen LogP contribution in [0.2, 0.25) is 0 Å². The molecule has 4 heteroatoms. The molecule has 4 nitrogen and oxygen atoms in total. The Morgan fingerprint density at radius 2 is 1.85 bits per heavy atom. The van der Waals surface area contributed by atoms with Gasteiger partial charge in [0.15, 0.2) is 6.54 Å². The third-order valence-corrected chi connectivity index (χ3v) is 4.82. The molecule has 0 fully saturated rings. The maximum atomic E-state index is 12.6. The van der Waals surface area contributed by atoms with Crippen molar-refractivity contribution in [3.63, 3.8) is 0 Å². The fourth-order valence-corrected chi connectivity index (χ4v) is 3.33. The van der Waals surface area contributed by atoms with Crippen molar-refractivity contribution in [3.05, 3.63) is 71.8 Å². The third-order valence-electron chi connectivity index (χ3n) is 4.82. The average molecular weight is 351 g/mol. The minimum Gasteiger partial charge on any atom is -0.497 e. The number of likely N-dealkylation sites (N-methyl/N-ethyl adjacent to an activating group) is 1. The van der Waals surface area contributed by atoms with Gasteiger partial charge in [-0.3, -0.25) is 4.79 Å². The molecule has 1 unspecified atom stereocenters. The zero-order valence-corrected chi connectivity index (χ0v) is 15.6. The van der Waals surface area contributed by atoms with E-state index >= 15 is 0 Å². The summed E-state index contributed by atoms with van der Waals surface area (Å²) in [5.74, 6) is 1.08. The summed E-state index contributed by atoms with van der Waals surface area (Å²) in [6, 6.07) is 18.5. The summed E-state index contributed by atoms with van der Waals surface area (Å²) in [6.07, 6.45) is 3.11. The van der Waals surface area contributed by atoms with Crippen LogP contribution in [0.25, 0.3) is 5.57 Å². The lowest BCUT2D eigenvalue weighted by atomic mass is 9.99. The van der Waals surface area contributed by atoms with Gasteiger partial charge in [-0.15, -0.1) is 0 Å². The van der Waals surface area contributed by atoms with Crippen molar-refractivity contribution in [3.8, 4) is 5.75 Å². The van der Waals surface area contributed by atoms with Crippen LogP contribution in [0.1, 0.15) is 17.5 Å². The first kappa shape index (κ1) is 18.2. The predicted molar refractivity (Wildman–Crippen MR) is 104 cm³/mol. The number of ether oxygens (including phenoxy) is 1. The zero-order chi connectivity index (χ0) is 18.4. The molecule has 1 amide bonds. The fraction of sp³-hybridized carbons (Fsp3) is 0.318. The summed E-state index contributed by atoms with van der Waals surface area (Å²) in [5, 5.41) is 0. The molecule has 1 aliphatic rings. The van der Waals surface area contributed by atoms with E-state index in [-0.39, 0.29) is 5.91 Å². The van der Waals surface area contributed by atoms with Crippen LogP contribution in [0.4, 0.5) is 0 Å². The molecule has 1 aliphatic heterocycles. The van der Waals surface area contributed by atoms with E-state index in [4.69, 9.17) is 4.74 Å². The quantitative estimate of drug-likeness (QED) is 0.864. The topological polar surface area (TPSA) is 34.0 Å². The molecule has 3 rings (SSSR count). The molecule has 0 aromatic heterocycles. The highest BCUT2D eigenvalue weighted by Gasteiger charge is 2.20. The number of carbonyl (C=O) groups is 1. The number of methoxy groups -OCH3 is 1. The summed E-state index contributed by atoms with van der Waals surface area (Å²) in [5.41, 5.74) is 3.82. The number of hydrogen-bond acceptors (Lipinski definition) is 2. The van der Waals surface area contributed by atoms with Gasteiger partial charge in [-0.25, -0.2) is 0 Å². The highest BCUT2D eigenvalue weighted by molar-refractivity contribution is 5.79. The number of rotatable bonds is 6. The van der Waals surface area contributed by atoms with E-state index in [1.165, 1.54) is 21.6 Å². The molecule has 0 aliphatic carbocycles. The second-order valence-corrected chi connectivity index (χ2v) is 6.84. The largest absolute Gasteiger partial charge is 0.497 e. The molecular formula is C22H27N2O2+. The van der Waals surface area contributed by atoms with Gasteiger partial charge < -0.3 is 14.5 Å². The molecule has 1 atom stereocenters. The SMILES string of the molecule is COc1ccc(C[NH+](C)CC(=O)N2CC=C(c3ccccc3)CC2)cc1. The Kier molecular flexibility index (Phi) is 6.08. The molecule has 0 bridgehead atoms. The minimum atomic E-state index is 0.222. The van der Waals surface area contributed by atoms with Gasteiger partial charge in [-0.2, -0.15) is 0 Å². The first-order chi connectivity index (χ1) is 12.7. The van der Waals surface area contributed by atoms with Crippen LogP contribution < -0.4 is 9.64 Å². The predicted octanol–water partition coefficient (Wildman–Crippen LogP) is 2.03. The summed E-state index contributed by atoms with van der Waals surface area (Å²) in [6.45, 7) is 2.85. The number of hydrogen-bond donors (Lipinski definition) is 1. The number of benzene rings is 2. The first-order valence-electron chi connectivity index (χ1n) is 9.12. The number of amides is 1. The van der Waals surface area contributed by atoms with Gasteiger partial charge in [-0.05, 0) is 41.8 Å². The average Bonchev–Trinajstić information content (AvgIpc) is 2.69. The Morgan fingerprint density at radius 1 is 1.12 bits per heavy atom. The highest BCUT2D eigenvalue weighted by Crippen LogP contribution is 2.21. The second kappa shape index (κ2) is 8.68. The van der Waals surface area contributed by atoms with Crippen molar-refractivity contribution in [1.82, 2.24) is 4.90 Å². The maximum Gasteiger partial charge on any atom is 0.278 e. The Morgan fingerprint density at radius 3 is 2.46 bits per heavy atom. The Labute approximate surface area is 155 Å². The van der Waals surface area contributed by atoms with Crippen molar-refractivity contribution >= 4 is 11.5 Å². The van der Waals surface area contributed by atoms with Gasteiger partial charge in [0.2, 0.25) is 0 Å². The standard InChI is InChI=1S/C22H26N2O2/c1-23(16-18-8-10-21(26-2)11-9-18)17-22(25)24-14-12-20(13-15-24)19-6-4-3-5-7-19/h3-12H,13-17H2,1-2H3/p+1. The molecule has 136 valence electrons. The van der Waals surface area contributed by atoms with Crippen LogP contribution >= 0.6 is 0 Å². The summed E-state index contributed by atoms with van der Waals surface area (Å²) >= 11 is 0. The first-order valence-corrected chi connectivity index (χ1v) is 9.12. The van der Waals surface area contributed by atoms with Gasteiger partial charge in [0.05, 0.1) is 14.2 Å². The van der Waals surface area contributed by atoms with Gasteiger partial charge in [0.25, 0.3) is 5.91 Å². The van der Waals surface area contributed by atoms with Gasteiger partial charge >= 0.3 is 0 Å². The molecule has 1 heterocycles. The van der Waals surface area contributed by atoms with Crippen LogP contribution in [0.5, 0.6) is 5.75 Å². The van der Waals surface area contributed by atoms with Crippen molar-refractivity contribution < 1.29 is 14.4 Å². The fourth-order valence-electron chi connectivity index (χ4n) is 3.33. The Balaban J connectivity index is 1.51. The summed E-state index contributed by atoms with van der Waals surface area (Å²) in [7, 11) is 3.73. The lowest BCUT2D eigenvalue weighted by Gasteiger charge is -2.27.